The Morgan fingerprint density at radius 1 is 1.31 bits per heavy atom. The number of benzene rings is 1. The third kappa shape index (κ3) is 4.08. The summed E-state index contributed by atoms with van der Waals surface area (Å²) in [6, 6.07) is 7.95. The van der Waals surface area contributed by atoms with Gasteiger partial charge in [0.15, 0.2) is 5.78 Å². The number of halogens is 1. The molecule has 0 saturated heterocycles. The molecule has 0 unspecified atom stereocenters. The van der Waals surface area contributed by atoms with Gasteiger partial charge in [-0.15, -0.1) is 0 Å². The molecule has 152 valence electrons. The molecule has 1 aliphatic heterocycles. The van der Waals surface area contributed by atoms with Crippen LogP contribution in [-0.2, 0) is 19.2 Å². The first-order valence-corrected chi connectivity index (χ1v) is 9.11. The number of rotatable bonds is 8. The van der Waals surface area contributed by atoms with Gasteiger partial charge < -0.3 is 15.3 Å². The number of ketones is 1. The van der Waals surface area contributed by atoms with E-state index >= 15 is 0 Å². The van der Waals surface area contributed by atoms with Gasteiger partial charge in [0, 0.05) is 18.0 Å². The van der Waals surface area contributed by atoms with Crippen LogP contribution in [0.5, 0.6) is 0 Å². The lowest BCUT2D eigenvalue weighted by Gasteiger charge is -2.26. The number of carbonyl (C=O) groups is 3. The van der Waals surface area contributed by atoms with E-state index in [2.05, 4.69) is 15.5 Å². The number of Topliss-reactive ketones (excluding diaryl/α,β-unsaturated/α-hetero) is 1. The average molecular weight is 401 g/mol. The second-order valence-electron chi connectivity index (χ2n) is 6.76. The number of aliphatic carboxylic acids is 1. The number of aromatic nitrogens is 1. The van der Waals surface area contributed by atoms with Crippen molar-refractivity contribution in [3.8, 4) is 0 Å². The van der Waals surface area contributed by atoms with E-state index in [0.717, 1.165) is 10.8 Å². The number of pyridine rings is 1. The van der Waals surface area contributed by atoms with Gasteiger partial charge >= 0.3 is 5.97 Å². The molecule has 0 saturated carbocycles. The number of carboxylic acid groups (broad SMARTS) is 1. The minimum atomic E-state index is -1.48. The van der Waals surface area contributed by atoms with Crippen LogP contribution in [0, 0.1) is 0 Å². The molecule has 9 heteroatoms. The summed E-state index contributed by atoms with van der Waals surface area (Å²) in [6.45, 7) is 0.331. The predicted molar refractivity (Wildman–Crippen MR) is 102 cm³/mol. The lowest BCUT2D eigenvalue weighted by Crippen LogP contribution is -2.53. The largest absolute Gasteiger partial charge is 0.481 e. The molecule has 3 rings (SSSR count). The molecule has 1 aromatic heterocycles. The van der Waals surface area contributed by atoms with Gasteiger partial charge in [-0.25, -0.2) is 4.39 Å². The fourth-order valence-corrected chi connectivity index (χ4v) is 3.23. The first-order valence-electron chi connectivity index (χ1n) is 9.11. The summed E-state index contributed by atoms with van der Waals surface area (Å²) in [4.78, 5) is 45.3. The molecule has 8 nitrogen and oxygen atoms in total. The van der Waals surface area contributed by atoms with Gasteiger partial charge in [-0.3, -0.25) is 19.4 Å². The van der Waals surface area contributed by atoms with Gasteiger partial charge in [0.25, 0.3) is 5.91 Å². The maximum absolute atomic E-state index is 12.9. The quantitative estimate of drug-likeness (QED) is 0.699. The molecule has 0 radical (unpaired) electrons. The van der Waals surface area contributed by atoms with Crippen molar-refractivity contribution in [1.29, 1.82) is 0 Å². The Morgan fingerprint density at radius 3 is 2.76 bits per heavy atom. The Hall–Kier alpha value is -3.36. The summed E-state index contributed by atoms with van der Waals surface area (Å²) < 4.78 is 12.8. The minimum absolute atomic E-state index is 0.0833. The number of oxime groups is 1. The fourth-order valence-electron chi connectivity index (χ4n) is 3.23. The van der Waals surface area contributed by atoms with Crippen LogP contribution >= 0.6 is 0 Å². The van der Waals surface area contributed by atoms with Gasteiger partial charge in [0.05, 0.1) is 12.1 Å². The van der Waals surface area contributed by atoms with Crippen LogP contribution < -0.4 is 5.32 Å². The first-order chi connectivity index (χ1) is 13.9. The third-order valence-corrected chi connectivity index (χ3v) is 4.92. The summed E-state index contributed by atoms with van der Waals surface area (Å²) in [6.07, 6.45) is 1.21. The van der Waals surface area contributed by atoms with Crippen molar-refractivity contribution in [2.24, 2.45) is 5.16 Å². The van der Waals surface area contributed by atoms with Crippen molar-refractivity contribution in [1.82, 2.24) is 10.3 Å². The summed E-state index contributed by atoms with van der Waals surface area (Å²) >= 11 is 0. The molecule has 1 aromatic carbocycles. The van der Waals surface area contributed by atoms with E-state index in [1.54, 1.807) is 13.1 Å². The Morgan fingerprint density at radius 2 is 2.07 bits per heavy atom. The fraction of sp³-hybridized carbons (Fsp3) is 0.350. The lowest BCUT2D eigenvalue weighted by molar-refractivity contribution is -0.148. The molecule has 1 amide bonds. The second kappa shape index (κ2) is 8.34. The van der Waals surface area contributed by atoms with Crippen LogP contribution in [0.3, 0.4) is 0 Å². The highest BCUT2D eigenvalue weighted by molar-refractivity contribution is 6.12. The van der Waals surface area contributed by atoms with Crippen molar-refractivity contribution in [2.45, 2.75) is 37.8 Å². The topological polar surface area (TPSA) is 118 Å². The van der Waals surface area contributed by atoms with E-state index < -0.39 is 42.4 Å². The minimum Gasteiger partial charge on any atom is -0.481 e. The van der Waals surface area contributed by atoms with E-state index in [4.69, 9.17) is 9.94 Å². The van der Waals surface area contributed by atoms with Gasteiger partial charge in [0.1, 0.15) is 18.4 Å². The average Bonchev–Trinajstić information content (AvgIpc) is 3.17. The summed E-state index contributed by atoms with van der Waals surface area (Å²) in [5, 5.41) is 17.1. The van der Waals surface area contributed by atoms with Gasteiger partial charge in [-0.05, 0) is 17.9 Å². The molecule has 1 aliphatic rings. The predicted octanol–water partition coefficient (Wildman–Crippen LogP) is 2.01. The third-order valence-electron chi connectivity index (χ3n) is 4.92. The highest BCUT2D eigenvalue weighted by Crippen LogP contribution is 2.32. The Kier molecular flexibility index (Phi) is 5.86. The Labute approximate surface area is 165 Å². The van der Waals surface area contributed by atoms with E-state index in [1.807, 2.05) is 30.3 Å². The summed E-state index contributed by atoms with van der Waals surface area (Å²) in [5.41, 5.74) is -0.389. The molecule has 2 atom stereocenters. The standard InChI is InChI=1S/C20H20FN3O5/c1-2-20(19(28)23-14(9-17(26)27)16(25)11-21)10-15(24-29-20)18-13-6-4-3-5-12(13)7-8-22-18/h3-8,14H,2,9-11H2,1H3,(H,23,28)(H,26,27)/t14-,20-/m0/s1. The molecule has 0 fully saturated rings. The van der Waals surface area contributed by atoms with Crippen LogP contribution in [0.4, 0.5) is 4.39 Å². The monoisotopic (exact) mass is 401 g/mol. The van der Waals surface area contributed by atoms with E-state index in [9.17, 15) is 18.8 Å². The number of nitrogens with zero attached hydrogens (tertiary/aromatic N) is 2. The SMILES string of the molecule is CC[C@@]1(C(=O)N[C@@H](CC(=O)O)C(=O)CF)CC(c2nccc3ccccc23)=NO1. The molecule has 2 heterocycles. The number of alkyl halides is 1. The van der Waals surface area contributed by atoms with Crippen LogP contribution in [0.15, 0.2) is 41.7 Å². The molecular formula is C20H20FN3O5. The number of carbonyl (C=O) groups excluding carboxylic acids is 2. The molecule has 29 heavy (non-hydrogen) atoms. The Balaban J connectivity index is 1.83. The number of fused-ring (bicyclic) bond motifs is 1. The zero-order valence-electron chi connectivity index (χ0n) is 15.7. The van der Waals surface area contributed by atoms with Crippen LogP contribution in [0.1, 0.15) is 31.9 Å². The van der Waals surface area contributed by atoms with Crippen LogP contribution in [0.2, 0.25) is 0 Å². The molecule has 0 spiro atoms. The molecule has 2 aromatic rings. The number of nitrogens with one attached hydrogen (secondary N) is 1. The van der Waals surface area contributed by atoms with E-state index in [0.29, 0.717) is 11.4 Å². The smallest absolute Gasteiger partial charge is 0.305 e. The summed E-state index contributed by atoms with van der Waals surface area (Å²) in [5.74, 6) is -3.05. The highest BCUT2D eigenvalue weighted by Gasteiger charge is 2.47. The van der Waals surface area contributed by atoms with Gasteiger partial charge in [0.2, 0.25) is 5.60 Å². The zero-order valence-corrected chi connectivity index (χ0v) is 15.7. The van der Waals surface area contributed by atoms with Gasteiger partial charge in [-0.2, -0.15) is 0 Å². The maximum atomic E-state index is 12.9. The van der Waals surface area contributed by atoms with Crippen molar-refractivity contribution in [2.75, 3.05) is 6.67 Å². The van der Waals surface area contributed by atoms with Crippen molar-refractivity contribution in [3.63, 3.8) is 0 Å². The highest BCUT2D eigenvalue weighted by atomic mass is 19.1. The zero-order chi connectivity index (χ0) is 21.0. The van der Waals surface area contributed by atoms with Crippen molar-refractivity contribution < 1.29 is 28.7 Å². The normalized spacial score (nSPS) is 19.3. The van der Waals surface area contributed by atoms with Crippen LogP contribution in [0.25, 0.3) is 10.8 Å². The van der Waals surface area contributed by atoms with E-state index in [1.165, 1.54) is 0 Å². The van der Waals surface area contributed by atoms with Crippen molar-refractivity contribution in [3.05, 3.63) is 42.2 Å². The summed E-state index contributed by atoms with van der Waals surface area (Å²) in [7, 11) is 0. The number of amides is 1. The number of hydrogen-bond acceptors (Lipinski definition) is 6. The van der Waals surface area contributed by atoms with E-state index in [-0.39, 0.29) is 12.8 Å². The van der Waals surface area contributed by atoms with Crippen LogP contribution in [-0.4, -0.2) is 51.8 Å². The first kappa shape index (κ1) is 20.4. The lowest BCUT2D eigenvalue weighted by atomic mass is 9.90. The maximum Gasteiger partial charge on any atom is 0.305 e. The Bertz CT molecular complexity index is 988. The molecule has 2 N–H and O–H groups in total. The van der Waals surface area contributed by atoms with Gasteiger partial charge in [-0.1, -0.05) is 36.3 Å². The number of carboxylic acids is 1. The number of hydrogen-bond donors (Lipinski definition) is 2. The molecule has 0 aliphatic carbocycles. The molecular weight excluding hydrogens is 381 g/mol. The molecule has 0 bridgehead atoms. The van der Waals surface area contributed by atoms with Crippen molar-refractivity contribution >= 4 is 34.1 Å². The second-order valence-corrected chi connectivity index (χ2v) is 6.76.